The third-order valence-corrected chi connectivity index (χ3v) is 4.31. The van der Waals surface area contributed by atoms with Gasteiger partial charge in [0.05, 0.1) is 6.04 Å². The van der Waals surface area contributed by atoms with Gasteiger partial charge in [0.15, 0.2) is 0 Å². The number of rotatable bonds is 4. The van der Waals surface area contributed by atoms with Gasteiger partial charge in [0.2, 0.25) is 0 Å². The van der Waals surface area contributed by atoms with Crippen molar-refractivity contribution in [2.24, 2.45) is 5.73 Å². The lowest BCUT2D eigenvalue weighted by Gasteiger charge is -2.37. The van der Waals surface area contributed by atoms with Gasteiger partial charge in [-0.3, -0.25) is 9.88 Å². The maximum Gasteiger partial charge on any atom is 0.0500 e. The molecule has 94 valence electrons. The molecular weight excluding hydrogens is 230 g/mol. The Hall–Kier alpha value is -0.580. The molecule has 0 aromatic carbocycles. The molecule has 1 aromatic rings. The molecule has 2 N–H and O–H groups in total. The standard InChI is InChI=1S/C13H21N3S/c1-2-12(14)13(11-3-5-15-6-4-11)16-7-9-17-10-8-16/h3-6,12-13H,2,7-10,14H2,1H3. The predicted molar refractivity (Wildman–Crippen MR) is 74.1 cm³/mol. The molecular formula is C13H21N3S. The Morgan fingerprint density at radius 1 is 1.35 bits per heavy atom. The maximum atomic E-state index is 6.31. The van der Waals surface area contributed by atoms with Crippen LogP contribution in [-0.2, 0) is 0 Å². The van der Waals surface area contributed by atoms with E-state index in [1.807, 2.05) is 24.2 Å². The first-order valence-electron chi connectivity index (χ1n) is 6.30. The summed E-state index contributed by atoms with van der Waals surface area (Å²) in [7, 11) is 0. The van der Waals surface area contributed by atoms with Crippen molar-refractivity contribution in [3.05, 3.63) is 30.1 Å². The molecule has 2 rings (SSSR count). The molecule has 1 aromatic heterocycles. The molecule has 0 radical (unpaired) electrons. The number of hydrogen-bond donors (Lipinski definition) is 1. The van der Waals surface area contributed by atoms with Gasteiger partial charge in [-0.25, -0.2) is 0 Å². The number of thioether (sulfide) groups is 1. The van der Waals surface area contributed by atoms with Crippen LogP contribution >= 0.6 is 11.8 Å². The van der Waals surface area contributed by atoms with Crippen molar-refractivity contribution in [2.75, 3.05) is 24.6 Å². The maximum absolute atomic E-state index is 6.31. The summed E-state index contributed by atoms with van der Waals surface area (Å²) in [4.78, 5) is 6.62. The van der Waals surface area contributed by atoms with Crippen molar-refractivity contribution in [3.8, 4) is 0 Å². The number of hydrogen-bond acceptors (Lipinski definition) is 4. The van der Waals surface area contributed by atoms with E-state index >= 15 is 0 Å². The zero-order valence-corrected chi connectivity index (χ0v) is 11.2. The molecule has 2 unspecified atom stereocenters. The summed E-state index contributed by atoms with van der Waals surface area (Å²) in [6.45, 7) is 4.45. The highest BCUT2D eigenvalue weighted by Crippen LogP contribution is 2.27. The molecule has 17 heavy (non-hydrogen) atoms. The fourth-order valence-corrected chi connectivity index (χ4v) is 3.30. The Labute approximate surface area is 108 Å². The van der Waals surface area contributed by atoms with E-state index in [1.165, 1.54) is 17.1 Å². The topological polar surface area (TPSA) is 42.1 Å². The van der Waals surface area contributed by atoms with Crippen LogP contribution in [0.1, 0.15) is 24.9 Å². The first kappa shape index (κ1) is 12.9. The van der Waals surface area contributed by atoms with Crippen LogP contribution in [0.15, 0.2) is 24.5 Å². The van der Waals surface area contributed by atoms with Crippen LogP contribution < -0.4 is 5.73 Å². The Kier molecular flexibility index (Phi) is 4.83. The Morgan fingerprint density at radius 2 is 2.00 bits per heavy atom. The zero-order valence-electron chi connectivity index (χ0n) is 10.4. The summed E-state index contributed by atoms with van der Waals surface area (Å²) in [6.07, 6.45) is 4.74. The summed E-state index contributed by atoms with van der Waals surface area (Å²) < 4.78 is 0. The van der Waals surface area contributed by atoms with Crippen molar-refractivity contribution < 1.29 is 0 Å². The van der Waals surface area contributed by atoms with E-state index in [4.69, 9.17) is 5.73 Å². The molecule has 1 saturated heterocycles. The second kappa shape index (κ2) is 6.38. The second-order valence-corrected chi connectivity index (χ2v) is 5.67. The third kappa shape index (κ3) is 3.21. The quantitative estimate of drug-likeness (QED) is 0.887. The highest BCUT2D eigenvalue weighted by Gasteiger charge is 2.26. The minimum absolute atomic E-state index is 0.209. The molecule has 1 aliphatic rings. The van der Waals surface area contributed by atoms with Crippen LogP contribution in [0.4, 0.5) is 0 Å². The normalized spacial score (nSPS) is 21.1. The van der Waals surface area contributed by atoms with Crippen LogP contribution in [0.25, 0.3) is 0 Å². The number of aromatic nitrogens is 1. The number of nitrogens with zero attached hydrogens (tertiary/aromatic N) is 2. The Balaban J connectivity index is 2.18. The smallest absolute Gasteiger partial charge is 0.0500 e. The van der Waals surface area contributed by atoms with Gasteiger partial charge in [0, 0.05) is 43.0 Å². The minimum Gasteiger partial charge on any atom is -0.326 e. The Bertz CT molecular complexity index is 325. The van der Waals surface area contributed by atoms with Gasteiger partial charge < -0.3 is 5.73 Å². The molecule has 2 heterocycles. The molecule has 0 saturated carbocycles. The van der Waals surface area contributed by atoms with Crippen molar-refractivity contribution in [3.63, 3.8) is 0 Å². The fourth-order valence-electron chi connectivity index (χ4n) is 2.37. The van der Waals surface area contributed by atoms with E-state index in [0.29, 0.717) is 6.04 Å². The molecule has 0 spiro atoms. The SMILES string of the molecule is CCC(N)C(c1ccncc1)N1CCSCC1. The molecule has 1 fully saturated rings. The lowest BCUT2D eigenvalue weighted by Crippen LogP contribution is -2.44. The summed E-state index contributed by atoms with van der Waals surface area (Å²) >= 11 is 2.04. The lowest BCUT2D eigenvalue weighted by atomic mass is 9.97. The molecule has 1 aliphatic heterocycles. The molecule has 4 heteroatoms. The summed E-state index contributed by atoms with van der Waals surface area (Å²) in [5.74, 6) is 2.44. The largest absolute Gasteiger partial charge is 0.326 e. The van der Waals surface area contributed by atoms with E-state index in [2.05, 4.69) is 28.9 Å². The lowest BCUT2D eigenvalue weighted by molar-refractivity contribution is 0.186. The van der Waals surface area contributed by atoms with Gasteiger partial charge in [0.1, 0.15) is 0 Å². The minimum atomic E-state index is 0.209. The summed E-state index contributed by atoms with van der Waals surface area (Å²) in [5.41, 5.74) is 7.62. The average Bonchev–Trinajstić information content (AvgIpc) is 2.41. The van der Waals surface area contributed by atoms with Crippen LogP contribution in [0, 0.1) is 0 Å². The van der Waals surface area contributed by atoms with E-state index < -0.39 is 0 Å². The predicted octanol–water partition coefficient (Wildman–Crippen LogP) is 1.91. The average molecular weight is 251 g/mol. The van der Waals surface area contributed by atoms with Gasteiger partial charge in [0.25, 0.3) is 0 Å². The first-order valence-corrected chi connectivity index (χ1v) is 7.45. The van der Waals surface area contributed by atoms with Crippen LogP contribution in [-0.4, -0.2) is 40.5 Å². The molecule has 2 atom stereocenters. The van der Waals surface area contributed by atoms with Gasteiger partial charge in [-0.15, -0.1) is 0 Å². The number of nitrogens with two attached hydrogens (primary N) is 1. The third-order valence-electron chi connectivity index (χ3n) is 3.36. The van der Waals surface area contributed by atoms with Crippen molar-refractivity contribution >= 4 is 11.8 Å². The van der Waals surface area contributed by atoms with Crippen LogP contribution in [0.3, 0.4) is 0 Å². The summed E-state index contributed by atoms with van der Waals surface area (Å²) in [5, 5.41) is 0. The van der Waals surface area contributed by atoms with Crippen LogP contribution in [0.5, 0.6) is 0 Å². The second-order valence-electron chi connectivity index (χ2n) is 4.45. The van der Waals surface area contributed by atoms with Crippen LogP contribution in [0.2, 0.25) is 0 Å². The van der Waals surface area contributed by atoms with E-state index in [1.54, 1.807) is 0 Å². The van der Waals surface area contributed by atoms with Gasteiger partial charge in [-0.05, 0) is 24.1 Å². The fraction of sp³-hybridized carbons (Fsp3) is 0.615. The van der Waals surface area contributed by atoms with Gasteiger partial charge >= 0.3 is 0 Å². The highest BCUT2D eigenvalue weighted by atomic mass is 32.2. The number of pyridine rings is 1. The zero-order chi connectivity index (χ0) is 12.1. The Morgan fingerprint density at radius 3 is 2.59 bits per heavy atom. The van der Waals surface area contributed by atoms with E-state index in [-0.39, 0.29) is 6.04 Å². The van der Waals surface area contributed by atoms with Crippen molar-refractivity contribution in [2.45, 2.75) is 25.4 Å². The van der Waals surface area contributed by atoms with E-state index in [9.17, 15) is 0 Å². The van der Waals surface area contributed by atoms with Gasteiger partial charge in [-0.1, -0.05) is 6.92 Å². The van der Waals surface area contributed by atoms with Crippen molar-refractivity contribution in [1.29, 1.82) is 0 Å². The highest BCUT2D eigenvalue weighted by molar-refractivity contribution is 7.99. The monoisotopic (exact) mass is 251 g/mol. The van der Waals surface area contributed by atoms with E-state index in [0.717, 1.165) is 19.5 Å². The first-order chi connectivity index (χ1) is 8.33. The van der Waals surface area contributed by atoms with Gasteiger partial charge in [-0.2, -0.15) is 11.8 Å². The molecule has 0 bridgehead atoms. The molecule has 3 nitrogen and oxygen atoms in total. The van der Waals surface area contributed by atoms with Crippen molar-refractivity contribution in [1.82, 2.24) is 9.88 Å². The summed E-state index contributed by atoms with van der Waals surface area (Å²) in [6, 6.07) is 4.76. The molecule has 0 amide bonds. The molecule has 0 aliphatic carbocycles.